The molecule has 1 N–H and O–H groups in total. The second-order valence-electron chi connectivity index (χ2n) is 10.2. The van der Waals surface area contributed by atoms with E-state index in [-0.39, 0.29) is 16.8 Å². The van der Waals surface area contributed by atoms with E-state index in [1.54, 1.807) is 55.2 Å². The van der Waals surface area contributed by atoms with Gasteiger partial charge < -0.3 is 19.7 Å². The number of pyridine rings is 1. The first-order valence-electron chi connectivity index (χ1n) is 13.6. The molecule has 214 valence electrons. The van der Waals surface area contributed by atoms with E-state index in [9.17, 15) is 19.6 Å². The maximum atomic E-state index is 13.7. The third kappa shape index (κ3) is 4.68. The molecule has 3 aromatic heterocycles. The third-order valence-electron chi connectivity index (χ3n) is 7.83. The van der Waals surface area contributed by atoms with E-state index < -0.39 is 22.8 Å². The first kappa shape index (κ1) is 27.2. The highest BCUT2D eigenvalue weighted by Crippen LogP contribution is 2.33. The molecule has 5 heterocycles. The summed E-state index contributed by atoms with van der Waals surface area (Å²) in [5, 5.41) is 12.6. The lowest BCUT2D eigenvalue weighted by Gasteiger charge is -2.38. The van der Waals surface area contributed by atoms with Crippen LogP contribution >= 0.6 is 0 Å². The highest BCUT2D eigenvalue weighted by molar-refractivity contribution is 6.10. The molecule has 12 heteroatoms. The summed E-state index contributed by atoms with van der Waals surface area (Å²) < 4.78 is 16.1. The summed E-state index contributed by atoms with van der Waals surface area (Å²) in [7, 11) is 1.71. The summed E-state index contributed by atoms with van der Waals surface area (Å²) in [6, 6.07) is 16.1. The van der Waals surface area contributed by atoms with Crippen molar-refractivity contribution in [3.8, 4) is 11.8 Å². The Labute approximate surface area is 240 Å². The molecule has 1 amide bonds. The summed E-state index contributed by atoms with van der Waals surface area (Å²) in [5.41, 5.74) is 0.497. The van der Waals surface area contributed by atoms with Gasteiger partial charge in [0.25, 0.3) is 17.0 Å². The van der Waals surface area contributed by atoms with Crippen molar-refractivity contribution >= 4 is 29.1 Å². The summed E-state index contributed by atoms with van der Waals surface area (Å²) in [6.07, 6.45) is 4.00. The molecule has 1 spiro atoms. The van der Waals surface area contributed by atoms with Crippen molar-refractivity contribution in [1.82, 2.24) is 18.7 Å². The van der Waals surface area contributed by atoms with Crippen molar-refractivity contribution in [3.05, 3.63) is 92.3 Å². The number of amides is 1. The predicted molar refractivity (Wildman–Crippen MR) is 156 cm³/mol. The standard InChI is InChI=1S/C30H29N7O5/c1-20-25(29(40)37(34(20)2)22-8-4-3-5-9-22)33-27(38)21(19-31)18-23-26(32-24-10-6-7-13-36(24)28(23)39)35-14-11-30(12-15-35)41-16-17-42-30/h3-10,13,18H,11-12,14-17H2,1-2H3,(H,33,38)/b21-18-. The van der Waals surface area contributed by atoms with Gasteiger partial charge in [0.1, 0.15) is 28.8 Å². The number of ether oxygens (including phenoxy) is 2. The molecule has 0 atom stereocenters. The molecule has 2 aliphatic heterocycles. The number of hydrogen-bond acceptors (Lipinski definition) is 8. The van der Waals surface area contributed by atoms with E-state index in [1.807, 2.05) is 29.2 Å². The average Bonchev–Trinajstić information content (AvgIpc) is 3.55. The number of para-hydroxylation sites is 1. The lowest BCUT2D eigenvalue weighted by molar-refractivity contribution is -0.169. The van der Waals surface area contributed by atoms with Crippen LogP contribution in [0.25, 0.3) is 17.4 Å². The highest BCUT2D eigenvalue weighted by Gasteiger charge is 2.40. The van der Waals surface area contributed by atoms with Crippen LogP contribution in [-0.4, -0.2) is 56.7 Å². The second kappa shape index (κ2) is 10.8. The van der Waals surface area contributed by atoms with E-state index in [0.717, 1.165) is 0 Å². The van der Waals surface area contributed by atoms with E-state index in [1.165, 1.54) is 15.2 Å². The lowest BCUT2D eigenvalue weighted by Crippen LogP contribution is -2.46. The fraction of sp³-hybridized carbons (Fsp3) is 0.300. The zero-order valence-corrected chi connectivity index (χ0v) is 23.2. The average molecular weight is 568 g/mol. The van der Waals surface area contributed by atoms with Gasteiger partial charge in [-0.15, -0.1) is 0 Å². The van der Waals surface area contributed by atoms with Crippen LogP contribution in [0, 0.1) is 18.3 Å². The van der Waals surface area contributed by atoms with Crippen LogP contribution in [0.1, 0.15) is 24.1 Å². The van der Waals surface area contributed by atoms with Gasteiger partial charge in [-0.2, -0.15) is 5.26 Å². The van der Waals surface area contributed by atoms with Crippen LogP contribution in [0.5, 0.6) is 0 Å². The third-order valence-corrected chi connectivity index (χ3v) is 7.83. The number of carbonyl (C=O) groups is 1. The molecular formula is C30H29N7O5. The van der Waals surface area contributed by atoms with Gasteiger partial charge in [-0.3, -0.25) is 23.5 Å². The number of piperidine rings is 1. The molecular weight excluding hydrogens is 538 g/mol. The van der Waals surface area contributed by atoms with E-state index in [4.69, 9.17) is 14.5 Å². The molecule has 1 aromatic carbocycles. The molecule has 2 aliphatic rings. The number of nitriles is 1. The quantitative estimate of drug-likeness (QED) is 0.287. The van der Waals surface area contributed by atoms with Crippen LogP contribution in [0.2, 0.25) is 0 Å². The number of nitrogens with zero attached hydrogens (tertiary/aromatic N) is 6. The van der Waals surface area contributed by atoms with Crippen LogP contribution in [-0.2, 0) is 21.3 Å². The van der Waals surface area contributed by atoms with Gasteiger partial charge in [0.2, 0.25) is 0 Å². The zero-order valence-electron chi connectivity index (χ0n) is 23.2. The number of nitrogens with one attached hydrogen (secondary N) is 1. The Kier molecular flexibility index (Phi) is 6.97. The summed E-state index contributed by atoms with van der Waals surface area (Å²) in [4.78, 5) is 47.1. The Morgan fingerprint density at radius 3 is 2.43 bits per heavy atom. The minimum atomic E-state index is -0.808. The minimum Gasteiger partial charge on any atom is -0.355 e. The largest absolute Gasteiger partial charge is 0.355 e. The van der Waals surface area contributed by atoms with Gasteiger partial charge in [-0.25, -0.2) is 9.67 Å². The van der Waals surface area contributed by atoms with Crippen molar-refractivity contribution in [3.63, 3.8) is 0 Å². The molecule has 0 saturated carbocycles. The first-order chi connectivity index (χ1) is 20.3. The summed E-state index contributed by atoms with van der Waals surface area (Å²) in [6.45, 7) is 3.80. The molecule has 6 rings (SSSR count). The van der Waals surface area contributed by atoms with Gasteiger partial charge in [0, 0.05) is 39.2 Å². The van der Waals surface area contributed by atoms with Gasteiger partial charge >= 0.3 is 0 Å². The number of benzene rings is 1. The molecule has 0 aliphatic carbocycles. The van der Waals surface area contributed by atoms with Gasteiger partial charge in [-0.05, 0) is 37.3 Å². The number of carbonyl (C=O) groups excluding carboxylic acids is 1. The van der Waals surface area contributed by atoms with Gasteiger partial charge in [-0.1, -0.05) is 24.3 Å². The predicted octanol–water partition coefficient (Wildman–Crippen LogP) is 2.38. The summed E-state index contributed by atoms with van der Waals surface area (Å²) in [5.74, 6) is -1.07. The minimum absolute atomic E-state index is 0.0407. The van der Waals surface area contributed by atoms with Crippen LogP contribution in [0.4, 0.5) is 11.5 Å². The second-order valence-corrected chi connectivity index (χ2v) is 10.2. The van der Waals surface area contributed by atoms with Gasteiger partial charge in [0.15, 0.2) is 5.79 Å². The number of rotatable bonds is 5. The smallest absolute Gasteiger partial charge is 0.295 e. The number of hydrogen-bond donors (Lipinski definition) is 1. The fourth-order valence-corrected chi connectivity index (χ4v) is 5.49. The molecule has 12 nitrogen and oxygen atoms in total. The number of anilines is 2. The molecule has 0 radical (unpaired) electrons. The fourth-order valence-electron chi connectivity index (χ4n) is 5.49. The van der Waals surface area contributed by atoms with Crippen LogP contribution in [0.3, 0.4) is 0 Å². The van der Waals surface area contributed by atoms with Gasteiger partial charge in [0.05, 0.1) is 30.2 Å². The molecule has 0 unspecified atom stereocenters. The molecule has 0 bridgehead atoms. The molecule has 42 heavy (non-hydrogen) atoms. The van der Waals surface area contributed by atoms with Crippen LogP contribution in [0.15, 0.2) is 69.9 Å². The van der Waals surface area contributed by atoms with Crippen molar-refractivity contribution in [2.75, 3.05) is 36.5 Å². The van der Waals surface area contributed by atoms with E-state index in [0.29, 0.717) is 62.0 Å². The Balaban J connectivity index is 1.37. The summed E-state index contributed by atoms with van der Waals surface area (Å²) >= 11 is 0. The normalized spacial score (nSPS) is 16.6. The first-order valence-corrected chi connectivity index (χ1v) is 13.6. The van der Waals surface area contributed by atoms with E-state index >= 15 is 0 Å². The maximum Gasteiger partial charge on any atom is 0.295 e. The number of fused-ring (bicyclic) bond motifs is 1. The Bertz CT molecular complexity index is 1860. The van der Waals surface area contributed by atoms with Crippen molar-refractivity contribution in [1.29, 1.82) is 5.26 Å². The number of aromatic nitrogens is 4. The van der Waals surface area contributed by atoms with E-state index in [2.05, 4.69) is 5.32 Å². The Morgan fingerprint density at radius 2 is 1.74 bits per heavy atom. The Morgan fingerprint density at radius 1 is 1.05 bits per heavy atom. The van der Waals surface area contributed by atoms with Crippen molar-refractivity contribution in [2.45, 2.75) is 25.6 Å². The molecule has 4 aromatic rings. The van der Waals surface area contributed by atoms with Crippen molar-refractivity contribution < 1.29 is 14.3 Å². The lowest BCUT2D eigenvalue weighted by atomic mass is 10.0. The monoisotopic (exact) mass is 567 g/mol. The molecule has 2 fully saturated rings. The molecule has 2 saturated heterocycles. The Hall–Kier alpha value is -4.99. The maximum absolute atomic E-state index is 13.7. The zero-order chi connectivity index (χ0) is 29.4. The van der Waals surface area contributed by atoms with Crippen molar-refractivity contribution in [2.24, 2.45) is 7.05 Å². The SMILES string of the molecule is Cc1c(NC(=O)/C(C#N)=C\c2c(N3CCC4(CC3)OCCO4)nc3ccccn3c2=O)c(=O)n(-c2ccccc2)n1C. The topological polar surface area (TPSA) is 136 Å². The van der Waals surface area contributed by atoms with Crippen LogP contribution < -0.4 is 21.3 Å². The highest BCUT2D eigenvalue weighted by atomic mass is 16.7.